The van der Waals surface area contributed by atoms with Crippen LogP contribution in [0.4, 0.5) is 0 Å². The van der Waals surface area contributed by atoms with Crippen LogP contribution < -0.4 is 0 Å². The van der Waals surface area contributed by atoms with Crippen LogP contribution in [-0.4, -0.2) is 21.3 Å². The zero-order valence-corrected chi connectivity index (χ0v) is 10.9. The van der Waals surface area contributed by atoms with Gasteiger partial charge in [0.15, 0.2) is 0 Å². The molecular formula is C16H16N2O. The fraction of sp³-hybridized carbons (Fsp3) is 0.188. The summed E-state index contributed by atoms with van der Waals surface area (Å²) in [5.41, 5.74) is 4.32. The number of nitrogens with zero attached hydrogens (tertiary/aromatic N) is 2. The zero-order valence-electron chi connectivity index (χ0n) is 10.9. The third-order valence-electron chi connectivity index (χ3n) is 3.38. The van der Waals surface area contributed by atoms with E-state index in [1.54, 1.807) is 0 Å². The number of hydrogen-bond donors (Lipinski definition) is 1. The molecule has 0 bridgehead atoms. The van der Waals surface area contributed by atoms with Crippen molar-refractivity contribution in [1.82, 2.24) is 9.55 Å². The second-order valence-electron chi connectivity index (χ2n) is 4.66. The van der Waals surface area contributed by atoms with E-state index in [1.165, 1.54) is 0 Å². The monoisotopic (exact) mass is 252 g/mol. The standard InChI is InChI=1S/C16H16N2O/c1-18-15-8-7-12(9-10-19)11-14(15)17-16(18)13-5-3-2-4-6-13/h2-8,11,19H,9-10H2,1H3. The highest BCUT2D eigenvalue weighted by molar-refractivity contribution is 5.81. The SMILES string of the molecule is Cn1c(-c2ccccc2)nc2cc(CCO)ccc21. The lowest BCUT2D eigenvalue weighted by atomic mass is 10.1. The van der Waals surface area contributed by atoms with Crippen LogP contribution in [0.1, 0.15) is 5.56 Å². The molecule has 3 nitrogen and oxygen atoms in total. The van der Waals surface area contributed by atoms with Gasteiger partial charge in [-0.3, -0.25) is 0 Å². The largest absolute Gasteiger partial charge is 0.396 e. The lowest BCUT2D eigenvalue weighted by Crippen LogP contribution is -1.92. The molecule has 3 heteroatoms. The van der Waals surface area contributed by atoms with Crippen LogP contribution in [0.5, 0.6) is 0 Å². The molecule has 0 aliphatic carbocycles. The van der Waals surface area contributed by atoms with Gasteiger partial charge in [0.05, 0.1) is 11.0 Å². The summed E-state index contributed by atoms with van der Waals surface area (Å²) in [5.74, 6) is 0.969. The van der Waals surface area contributed by atoms with Crippen molar-refractivity contribution in [3.05, 3.63) is 54.1 Å². The maximum atomic E-state index is 9.00. The van der Waals surface area contributed by atoms with E-state index in [-0.39, 0.29) is 6.61 Å². The minimum absolute atomic E-state index is 0.171. The topological polar surface area (TPSA) is 38.0 Å². The van der Waals surface area contributed by atoms with E-state index in [9.17, 15) is 0 Å². The Kier molecular flexibility index (Phi) is 3.05. The first-order chi connectivity index (χ1) is 9.29. The van der Waals surface area contributed by atoms with Gasteiger partial charge in [0.1, 0.15) is 5.82 Å². The second-order valence-corrected chi connectivity index (χ2v) is 4.66. The fourth-order valence-electron chi connectivity index (χ4n) is 2.38. The molecule has 1 heterocycles. The van der Waals surface area contributed by atoms with Gasteiger partial charge in [0.25, 0.3) is 0 Å². The molecule has 0 unspecified atom stereocenters. The average molecular weight is 252 g/mol. The Morgan fingerprint density at radius 2 is 1.89 bits per heavy atom. The molecule has 0 radical (unpaired) electrons. The van der Waals surface area contributed by atoms with Crippen molar-refractivity contribution in [2.45, 2.75) is 6.42 Å². The van der Waals surface area contributed by atoms with Gasteiger partial charge in [0, 0.05) is 19.2 Å². The van der Waals surface area contributed by atoms with Crippen LogP contribution in [0.3, 0.4) is 0 Å². The lowest BCUT2D eigenvalue weighted by molar-refractivity contribution is 0.299. The van der Waals surface area contributed by atoms with Gasteiger partial charge in [-0.2, -0.15) is 0 Å². The molecular weight excluding hydrogens is 236 g/mol. The quantitative estimate of drug-likeness (QED) is 0.778. The number of hydrogen-bond acceptors (Lipinski definition) is 2. The number of aliphatic hydroxyl groups excluding tert-OH is 1. The molecule has 0 spiro atoms. The Hall–Kier alpha value is -2.13. The zero-order chi connectivity index (χ0) is 13.2. The number of aliphatic hydroxyl groups is 1. The molecule has 0 fully saturated rings. The van der Waals surface area contributed by atoms with Crippen molar-refractivity contribution in [3.63, 3.8) is 0 Å². The summed E-state index contributed by atoms with van der Waals surface area (Å²) in [4.78, 5) is 4.71. The van der Waals surface area contributed by atoms with Crippen molar-refractivity contribution in [1.29, 1.82) is 0 Å². The van der Waals surface area contributed by atoms with Gasteiger partial charge < -0.3 is 9.67 Å². The Morgan fingerprint density at radius 1 is 1.11 bits per heavy atom. The van der Waals surface area contributed by atoms with Crippen LogP contribution >= 0.6 is 0 Å². The van der Waals surface area contributed by atoms with E-state index in [0.717, 1.165) is 28.0 Å². The minimum atomic E-state index is 0.171. The number of fused-ring (bicyclic) bond motifs is 1. The Morgan fingerprint density at radius 3 is 2.63 bits per heavy atom. The first-order valence-corrected chi connectivity index (χ1v) is 6.41. The van der Waals surface area contributed by atoms with Gasteiger partial charge in [0.2, 0.25) is 0 Å². The van der Waals surface area contributed by atoms with Gasteiger partial charge >= 0.3 is 0 Å². The molecule has 0 aliphatic rings. The number of imidazole rings is 1. The molecule has 1 aromatic heterocycles. The van der Waals surface area contributed by atoms with Crippen molar-refractivity contribution >= 4 is 11.0 Å². The van der Waals surface area contributed by atoms with Crippen molar-refractivity contribution < 1.29 is 5.11 Å². The van der Waals surface area contributed by atoms with Crippen LogP contribution in [-0.2, 0) is 13.5 Å². The molecule has 0 amide bonds. The Bertz CT molecular complexity index is 701. The summed E-state index contributed by atoms with van der Waals surface area (Å²) in [6.07, 6.45) is 0.674. The maximum Gasteiger partial charge on any atom is 0.140 e. The molecule has 0 atom stereocenters. The predicted octanol–water partition coefficient (Wildman–Crippen LogP) is 2.78. The normalized spacial score (nSPS) is 11.1. The summed E-state index contributed by atoms with van der Waals surface area (Å²) in [5, 5.41) is 9.00. The molecule has 1 N–H and O–H groups in total. The van der Waals surface area contributed by atoms with E-state index in [4.69, 9.17) is 10.1 Å². The molecule has 0 saturated carbocycles. The van der Waals surface area contributed by atoms with Crippen LogP contribution in [0.25, 0.3) is 22.4 Å². The van der Waals surface area contributed by atoms with Gasteiger partial charge in [-0.25, -0.2) is 4.98 Å². The molecule has 0 aliphatic heterocycles. The highest BCUT2D eigenvalue weighted by atomic mass is 16.2. The average Bonchev–Trinajstić information content (AvgIpc) is 2.77. The van der Waals surface area contributed by atoms with Crippen LogP contribution in [0, 0.1) is 0 Å². The molecule has 3 aromatic rings. The number of aromatic nitrogens is 2. The molecule has 19 heavy (non-hydrogen) atoms. The third kappa shape index (κ3) is 2.13. The first-order valence-electron chi connectivity index (χ1n) is 6.41. The number of rotatable bonds is 3. The van der Waals surface area contributed by atoms with E-state index < -0.39 is 0 Å². The summed E-state index contributed by atoms with van der Waals surface area (Å²) in [6, 6.07) is 16.3. The Labute approximate surface area is 112 Å². The minimum Gasteiger partial charge on any atom is -0.396 e. The van der Waals surface area contributed by atoms with E-state index in [1.807, 2.05) is 25.2 Å². The highest BCUT2D eigenvalue weighted by Gasteiger charge is 2.09. The van der Waals surface area contributed by atoms with Gasteiger partial charge in [-0.1, -0.05) is 36.4 Å². The fourth-order valence-corrected chi connectivity index (χ4v) is 2.38. The maximum absolute atomic E-state index is 9.00. The summed E-state index contributed by atoms with van der Waals surface area (Å²) >= 11 is 0. The highest BCUT2D eigenvalue weighted by Crippen LogP contribution is 2.24. The van der Waals surface area contributed by atoms with Gasteiger partial charge in [-0.15, -0.1) is 0 Å². The third-order valence-corrected chi connectivity index (χ3v) is 3.38. The van der Waals surface area contributed by atoms with Gasteiger partial charge in [-0.05, 0) is 24.1 Å². The lowest BCUT2D eigenvalue weighted by Gasteiger charge is -2.02. The molecule has 96 valence electrons. The van der Waals surface area contributed by atoms with Crippen LogP contribution in [0.2, 0.25) is 0 Å². The first kappa shape index (κ1) is 11.9. The molecule has 0 saturated heterocycles. The van der Waals surface area contributed by atoms with E-state index in [2.05, 4.69) is 34.9 Å². The second kappa shape index (κ2) is 4.86. The summed E-state index contributed by atoms with van der Waals surface area (Å²) in [6.45, 7) is 0.171. The van der Waals surface area contributed by atoms with Crippen LogP contribution in [0.15, 0.2) is 48.5 Å². The number of benzene rings is 2. The van der Waals surface area contributed by atoms with Crippen molar-refractivity contribution in [2.75, 3.05) is 6.61 Å². The summed E-state index contributed by atoms with van der Waals surface area (Å²) < 4.78 is 2.10. The summed E-state index contributed by atoms with van der Waals surface area (Å²) in [7, 11) is 2.03. The Balaban J connectivity index is 2.14. The molecule has 3 rings (SSSR count). The predicted molar refractivity (Wildman–Crippen MR) is 76.9 cm³/mol. The smallest absolute Gasteiger partial charge is 0.140 e. The van der Waals surface area contributed by atoms with E-state index in [0.29, 0.717) is 6.42 Å². The van der Waals surface area contributed by atoms with Crippen molar-refractivity contribution in [3.8, 4) is 11.4 Å². The van der Waals surface area contributed by atoms with E-state index >= 15 is 0 Å². The molecule has 2 aromatic carbocycles. The van der Waals surface area contributed by atoms with Crippen molar-refractivity contribution in [2.24, 2.45) is 7.05 Å². The number of aryl methyl sites for hydroxylation is 1.